The molecule has 0 saturated heterocycles. The van der Waals surface area contributed by atoms with Gasteiger partial charge in [0, 0.05) is 25.9 Å². The Kier molecular flexibility index (Phi) is 2.72. The molecule has 0 aliphatic carbocycles. The highest BCUT2D eigenvalue weighted by atomic mass is 16.1. The molecular formula is C8H12N2O. The molecule has 3 nitrogen and oxygen atoms in total. The number of hydrogen-bond acceptors (Lipinski definition) is 1. The highest BCUT2D eigenvalue weighted by Gasteiger charge is 1.92. The van der Waals surface area contributed by atoms with E-state index in [0.717, 1.165) is 6.42 Å². The molecular weight excluding hydrogens is 140 g/mol. The number of rotatable bonds is 3. The second kappa shape index (κ2) is 3.81. The Morgan fingerprint density at radius 3 is 3.09 bits per heavy atom. The van der Waals surface area contributed by atoms with Crippen LogP contribution in [0, 0.1) is 0 Å². The molecule has 0 aromatic carbocycles. The summed E-state index contributed by atoms with van der Waals surface area (Å²) in [6, 6.07) is 2.00. The largest absolute Gasteiger partial charge is 0.367 e. The fourth-order valence-electron chi connectivity index (χ4n) is 0.897. The molecule has 3 heteroatoms. The minimum absolute atomic E-state index is 0.0283. The Hall–Kier alpha value is -1.25. The van der Waals surface area contributed by atoms with Crippen molar-refractivity contribution in [3.63, 3.8) is 0 Å². The van der Waals surface area contributed by atoms with Gasteiger partial charge in [0.2, 0.25) is 5.91 Å². The number of hydrogen-bond donors (Lipinski definition) is 2. The van der Waals surface area contributed by atoms with Crippen molar-refractivity contribution in [2.75, 3.05) is 6.54 Å². The summed E-state index contributed by atoms with van der Waals surface area (Å²) in [5.74, 6) is 0.0283. The molecule has 0 spiro atoms. The molecule has 1 aromatic heterocycles. The Labute approximate surface area is 65.8 Å². The van der Waals surface area contributed by atoms with Crippen LogP contribution in [0.25, 0.3) is 0 Å². The summed E-state index contributed by atoms with van der Waals surface area (Å²) in [6.07, 6.45) is 4.70. The minimum atomic E-state index is 0.0283. The van der Waals surface area contributed by atoms with Gasteiger partial charge < -0.3 is 10.3 Å². The van der Waals surface area contributed by atoms with Crippen LogP contribution in [0.1, 0.15) is 12.5 Å². The highest BCUT2D eigenvalue weighted by Crippen LogP contribution is 1.95. The summed E-state index contributed by atoms with van der Waals surface area (Å²) in [4.78, 5) is 13.4. The van der Waals surface area contributed by atoms with Gasteiger partial charge in [0.05, 0.1) is 0 Å². The summed E-state index contributed by atoms with van der Waals surface area (Å²) in [5, 5.41) is 2.73. The number of nitrogens with one attached hydrogen (secondary N) is 2. The third kappa shape index (κ3) is 2.89. The zero-order valence-electron chi connectivity index (χ0n) is 6.55. The van der Waals surface area contributed by atoms with Crippen LogP contribution in [0.15, 0.2) is 18.5 Å². The molecule has 0 fully saturated rings. The van der Waals surface area contributed by atoms with E-state index in [-0.39, 0.29) is 5.91 Å². The number of H-pyrrole nitrogens is 1. The smallest absolute Gasteiger partial charge is 0.216 e. The van der Waals surface area contributed by atoms with Crippen LogP contribution in [0.4, 0.5) is 0 Å². The third-order valence-electron chi connectivity index (χ3n) is 1.45. The third-order valence-corrected chi connectivity index (χ3v) is 1.45. The average molecular weight is 152 g/mol. The molecule has 1 heterocycles. The second-order valence-electron chi connectivity index (χ2n) is 2.45. The molecule has 1 aromatic rings. The standard InChI is InChI=1S/C8H12N2O/c1-7(11)10-5-3-8-2-4-9-6-8/h2,4,6,9H,3,5H2,1H3,(H,10,11). The lowest BCUT2D eigenvalue weighted by Gasteiger charge is -1.98. The highest BCUT2D eigenvalue weighted by molar-refractivity contribution is 5.72. The van der Waals surface area contributed by atoms with Gasteiger partial charge in [-0.15, -0.1) is 0 Å². The summed E-state index contributed by atoms with van der Waals surface area (Å²) < 4.78 is 0. The van der Waals surface area contributed by atoms with Gasteiger partial charge in [-0.2, -0.15) is 0 Å². The van der Waals surface area contributed by atoms with Crippen molar-refractivity contribution in [2.24, 2.45) is 0 Å². The van der Waals surface area contributed by atoms with E-state index in [1.54, 1.807) is 0 Å². The molecule has 1 amide bonds. The van der Waals surface area contributed by atoms with Crippen LogP contribution in [0.5, 0.6) is 0 Å². The summed E-state index contributed by atoms with van der Waals surface area (Å²) >= 11 is 0. The zero-order valence-corrected chi connectivity index (χ0v) is 6.55. The van der Waals surface area contributed by atoms with Crippen LogP contribution in [-0.4, -0.2) is 17.4 Å². The molecule has 60 valence electrons. The van der Waals surface area contributed by atoms with Crippen molar-refractivity contribution in [2.45, 2.75) is 13.3 Å². The van der Waals surface area contributed by atoms with Crippen molar-refractivity contribution in [3.05, 3.63) is 24.0 Å². The van der Waals surface area contributed by atoms with E-state index in [2.05, 4.69) is 10.3 Å². The predicted molar refractivity (Wildman–Crippen MR) is 43.2 cm³/mol. The van der Waals surface area contributed by atoms with E-state index < -0.39 is 0 Å². The summed E-state index contributed by atoms with van der Waals surface area (Å²) in [6.45, 7) is 2.24. The van der Waals surface area contributed by atoms with E-state index in [1.165, 1.54) is 12.5 Å². The number of amides is 1. The molecule has 0 bridgehead atoms. The normalized spacial score (nSPS) is 9.55. The maximum atomic E-state index is 10.5. The number of aromatic amines is 1. The van der Waals surface area contributed by atoms with Crippen molar-refractivity contribution in [1.82, 2.24) is 10.3 Å². The van der Waals surface area contributed by atoms with Gasteiger partial charge in [-0.3, -0.25) is 4.79 Å². The van der Waals surface area contributed by atoms with E-state index in [0.29, 0.717) is 6.54 Å². The Bertz CT molecular complexity index is 216. The van der Waals surface area contributed by atoms with Crippen molar-refractivity contribution < 1.29 is 4.79 Å². The van der Waals surface area contributed by atoms with Gasteiger partial charge in [-0.1, -0.05) is 0 Å². The molecule has 0 saturated carbocycles. The molecule has 2 N–H and O–H groups in total. The van der Waals surface area contributed by atoms with E-state index >= 15 is 0 Å². The fraction of sp³-hybridized carbons (Fsp3) is 0.375. The van der Waals surface area contributed by atoms with Crippen molar-refractivity contribution in [1.29, 1.82) is 0 Å². The predicted octanol–water partition coefficient (Wildman–Crippen LogP) is 0.693. The van der Waals surface area contributed by atoms with Crippen LogP contribution >= 0.6 is 0 Å². The average Bonchev–Trinajstić information content (AvgIpc) is 2.39. The molecule has 0 atom stereocenters. The first kappa shape index (κ1) is 7.85. The Morgan fingerprint density at radius 2 is 2.55 bits per heavy atom. The molecule has 11 heavy (non-hydrogen) atoms. The van der Waals surface area contributed by atoms with Crippen LogP contribution in [0.2, 0.25) is 0 Å². The lowest BCUT2D eigenvalue weighted by molar-refractivity contribution is -0.118. The van der Waals surface area contributed by atoms with Gasteiger partial charge >= 0.3 is 0 Å². The lowest BCUT2D eigenvalue weighted by Crippen LogP contribution is -2.22. The van der Waals surface area contributed by atoms with Gasteiger partial charge in [0.15, 0.2) is 0 Å². The summed E-state index contributed by atoms with van der Waals surface area (Å²) in [7, 11) is 0. The van der Waals surface area contributed by atoms with E-state index in [4.69, 9.17) is 0 Å². The topological polar surface area (TPSA) is 44.9 Å². The zero-order chi connectivity index (χ0) is 8.10. The van der Waals surface area contributed by atoms with Crippen LogP contribution < -0.4 is 5.32 Å². The maximum Gasteiger partial charge on any atom is 0.216 e. The van der Waals surface area contributed by atoms with Gasteiger partial charge in [-0.25, -0.2) is 0 Å². The van der Waals surface area contributed by atoms with Gasteiger partial charge in [0.1, 0.15) is 0 Å². The first-order valence-electron chi connectivity index (χ1n) is 3.65. The van der Waals surface area contributed by atoms with Gasteiger partial charge in [-0.05, 0) is 18.1 Å². The van der Waals surface area contributed by atoms with Crippen molar-refractivity contribution >= 4 is 5.91 Å². The van der Waals surface area contributed by atoms with Crippen LogP contribution in [-0.2, 0) is 11.2 Å². The molecule has 1 rings (SSSR count). The molecule has 0 aliphatic heterocycles. The molecule has 0 aliphatic rings. The SMILES string of the molecule is CC(=O)NCCc1cc[nH]c1. The number of carbonyl (C=O) groups is 1. The maximum absolute atomic E-state index is 10.5. The number of carbonyl (C=O) groups excluding carboxylic acids is 1. The Balaban J connectivity index is 2.19. The first-order valence-corrected chi connectivity index (χ1v) is 3.65. The first-order chi connectivity index (χ1) is 5.29. The lowest BCUT2D eigenvalue weighted by atomic mass is 10.2. The number of aromatic nitrogens is 1. The van der Waals surface area contributed by atoms with Crippen LogP contribution in [0.3, 0.4) is 0 Å². The van der Waals surface area contributed by atoms with E-state index in [9.17, 15) is 4.79 Å². The second-order valence-corrected chi connectivity index (χ2v) is 2.45. The molecule has 0 unspecified atom stereocenters. The Morgan fingerprint density at radius 1 is 1.73 bits per heavy atom. The summed E-state index contributed by atoms with van der Waals surface area (Å²) in [5.41, 5.74) is 1.22. The quantitative estimate of drug-likeness (QED) is 0.657. The molecule has 0 radical (unpaired) electrons. The van der Waals surface area contributed by atoms with Gasteiger partial charge in [0.25, 0.3) is 0 Å². The minimum Gasteiger partial charge on any atom is -0.367 e. The fourth-order valence-corrected chi connectivity index (χ4v) is 0.897. The van der Waals surface area contributed by atoms with E-state index in [1.807, 2.05) is 18.5 Å². The monoisotopic (exact) mass is 152 g/mol. The van der Waals surface area contributed by atoms with Crippen molar-refractivity contribution in [3.8, 4) is 0 Å².